The zero-order valence-electron chi connectivity index (χ0n) is 19.0. The van der Waals surface area contributed by atoms with E-state index in [0.29, 0.717) is 12.0 Å². The van der Waals surface area contributed by atoms with Crippen LogP contribution in [0.3, 0.4) is 0 Å². The van der Waals surface area contributed by atoms with Crippen LogP contribution < -0.4 is 22.1 Å². The van der Waals surface area contributed by atoms with Gasteiger partial charge < -0.3 is 22.1 Å². The Bertz CT molecular complexity index is 1160. The van der Waals surface area contributed by atoms with E-state index in [0.717, 1.165) is 47.8 Å². The van der Waals surface area contributed by atoms with Gasteiger partial charge >= 0.3 is 0 Å². The highest BCUT2D eigenvalue weighted by Crippen LogP contribution is 2.33. The van der Waals surface area contributed by atoms with E-state index in [4.69, 9.17) is 16.6 Å². The minimum Gasteiger partial charge on any atom is -0.364 e. The number of benzene rings is 1. The number of hydrogen-bond acceptors (Lipinski definition) is 8. The molecule has 2 saturated carbocycles. The maximum atomic E-state index is 11.9. The van der Waals surface area contributed by atoms with Gasteiger partial charge in [-0.05, 0) is 56.7 Å². The molecule has 2 atom stereocenters. The predicted octanol–water partition coefficient (Wildman–Crippen LogP) is 3.62. The van der Waals surface area contributed by atoms with Gasteiger partial charge in [-0.1, -0.05) is 12.8 Å². The highest BCUT2D eigenvalue weighted by molar-refractivity contribution is 5.96. The van der Waals surface area contributed by atoms with E-state index in [1.54, 1.807) is 0 Å². The van der Waals surface area contributed by atoms with Gasteiger partial charge in [-0.25, -0.2) is 0 Å². The SMILES string of the molecule is Cc1cc(Nc2nc(N[C@@H]3CCCC[C@@H]3N)nnc2C(N)=O)cc2nn(C3CCC3)cc12.Cl.Cl. The second-order valence-corrected chi connectivity index (χ2v) is 8.94. The van der Waals surface area contributed by atoms with Crippen LogP contribution in [0.4, 0.5) is 17.5 Å². The molecule has 184 valence electrons. The van der Waals surface area contributed by atoms with Gasteiger partial charge in [0, 0.05) is 29.4 Å². The van der Waals surface area contributed by atoms with Crippen molar-refractivity contribution in [3.8, 4) is 0 Å². The number of nitrogens with zero attached hydrogens (tertiary/aromatic N) is 5. The van der Waals surface area contributed by atoms with Crippen molar-refractivity contribution in [3.63, 3.8) is 0 Å². The highest BCUT2D eigenvalue weighted by Gasteiger charge is 2.24. The van der Waals surface area contributed by atoms with Gasteiger partial charge in [0.1, 0.15) is 0 Å². The number of fused-ring (bicyclic) bond motifs is 1. The molecule has 2 aliphatic carbocycles. The lowest BCUT2D eigenvalue weighted by atomic mass is 9.91. The number of aryl methyl sites for hydroxylation is 1. The molecular formula is C22H31Cl2N9O. The third kappa shape index (κ3) is 5.18. The number of nitrogens with one attached hydrogen (secondary N) is 2. The van der Waals surface area contributed by atoms with Gasteiger partial charge in [0.2, 0.25) is 5.95 Å². The van der Waals surface area contributed by atoms with Gasteiger partial charge in [0.05, 0.1) is 11.6 Å². The highest BCUT2D eigenvalue weighted by atomic mass is 35.5. The van der Waals surface area contributed by atoms with Crippen LogP contribution in [0.2, 0.25) is 0 Å². The Morgan fingerprint density at radius 1 is 1.09 bits per heavy atom. The molecule has 2 aliphatic rings. The van der Waals surface area contributed by atoms with Crippen LogP contribution in [-0.2, 0) is 0 Å². The van der Waals surface area contributed by atoms with Crippen LogP contribution in [0.15, 0.2) is 18.3 Å². The summed E-state index contributed by atoms with van der Waals surface area (Å²) in [5.41, 5.74) is 14.5. The summed E-state index contributed by atoms with van der Waals surface area (Å²) in [5.74, 6) is -0.107. The van der Waals surface area contributed by atoms with Crippen LogP contribution in [0.1, 0.15) is 67.0 Å². The first-order chi connectivity index (χ1) is 15.5. The van der Waals surface area contributed by atoms with E-state index in [1.807, 2.05) is 19.1 Å². The van der Waals surface area contributed by atoms with Crippen LogP contribution in [0.5, 0.6) is 0 Å². The number of primary amides is 1. The maximum absolute atomic E-state index is 11.9. The average molecular weight is 508 g/mol. The van der Waals surface area contributed by atoms with Crippen molar-refractivity contribution < 1.29 is 4.79 Å². The van der Waals surface area contributed by atoms with E-state index in [9.17, 15) is 4.79 Å². The summed E-state index contributed by atoms with van der Waals surface area (Å²) in [6.07, 6.45) is 9.87. The first-order valence-electron chi connectivity index (χ1n) is 11.3. The van der Waals surface area contributed by atoms with Crippen LogP contribution in [0.25, 0.3) is 10.9 Å². The number of amides is 1. The zero-order chi connectivity index (χ0) is 22.2. The van der Waals surface area contributed by atoms with Crippen LogP contribution in [-0.4, -0.2) is 43.0 Å². The summed E-state index contributed by atoms with van der Waals surface area (Å²) in [6.45, 7) is 2.05. The quantitative estimate of drug-likeness (QED) is 0.394. The average Bonchev–Trinajstić information content (AvgIpc) is 3.12. The van der Waals surface area contributed by atoms with Gasteiger partial charge in [0.25, 0.3) is 5.91 Å². The van der Waals surface area contributed by atoms with Gasteiger partial charge in [-0.2, -0.15) is 10.1 Å². The molecule has 0 radical (unpaired) electrons. The smallest absolute Gasteiger partial charge is 0.273 e. The molecule has 1 aromatic carbocycles. The van der Waals surface area contributed by atoms with Crippen molar-refractivity contribution in [2.24, 2.45) is 11.5 Å². The number of nitrogens with two attached hydrogens (primary N) is 2. The van der Waals surface area contributed by atoms with Crippen molar-refractivity contribution in [3.05, 3.63) is 29.6 Å². The molecule has 2 fully saturated rings. The lowest BCUT2D eigenvalue weighted by molar-refractivity contribution is 0.0995. The Morgan fingerprint density at radius 2 is 1.85 bits per heavy atom. The van der Waals surface area contributed by atoms with E-state index in [-0.39, 0.29) is 48.4 Å². The number of hydrogen-bond donors (Lipinski definition) is 4. The first-order valence-corrected chi connectivity index (χ1v) is 11.3. The summed E-state index contributed by atoms with van der Waals surface area (Å²) in [7, 11) is 0. The Balaban J connectivity index is 0.00000162. The largest absolute Gasteiger partial charge is 0.364 e. The number of rotatable bonds is 6. The molecule has 5 rings (SSSR count). The minimum atomic E-state index is -0.694. The summed E-state index contributed by atoms with van der Waals surface area (Å²) in [6, 6.07) is 4.56. The normalized spacial score (nSPS) is 20.1. The summed E-state index contributed by atoms with van der Waals surface area (Å²) in [4.78, 5) is 16.5. The molecule has 1 amide bonds. The van der Waals surface area contributed by atoms with Gasteiger partial charge in [-0.15, -0.1) is 35.0 Å². The predicted molar refractivity (Wildman–Crippen MR) is 137 cm³/mol. The first kappa shape index (κ1) is 25.9. The van der Waals surface area contributed by atoms with Crippen LogP contribution >= 0.6 is 24.8 Å². The fraction of sp³-hybridized carbons (Fsp3) is 0.500. The molecule has 0 saturated heterocycles. The lowest BCUT2D eigenvalue weighted by Crippen LogP contribution is -2.43. The standard InChI is InChI=1S/C22H29N9O.2ClH/c1-12-9-13(10-18-15(12)11-31(30-18)14-5-4-6-14)25-21-19(20(24)32)28-29-22(27-21)26-17-8-3-2-7-16(17)23;;/h9-11,14,16-17H,2-8,23H2,1H3,(H2,24,32)(H2,25,26,27,29);2*1H/t16-,17+;;/m0../s1. The Labute approximate surface area is 210 Å². The van der Waals surface area contributed by atoms with E-state index < -0.39 is 5.91 Å². The molecule has 0 aliphatic heterocycles. The molecule has 0 unspecified atom stereocenters. The number of halogens is 2. The van der Waals surface area contributed by atoms with Gasteiger partial charge in [-0.3, -0.25) is 9.48 Å². The lowest BCUT2D eigenvalue weighted by Gasteiger charge is -2.29. The Hall–Kier alpha value is -2.69. The number of carbonyl (C=O) groups is 1. The Kier molecular flexibility index (Phi) is 8.17. The Morgan fingerprint density at radius 3 is 2.53 bits per heavy atom. The van der Waals surface area contributed by atoms with E-state index in [1.165, 1.54) is 19.3 Å². The monoisotopic (exact) mass is 507 g/mol. The molecule has 0 spiro atoms. The topological polar surface area (TPSA) is 150 Å². The second-order valence-electron chi connectivity index (χ2n) is 8.94. The maximum Gasteiger partial charge on any atom is 0.273 e. The van der Waals surface area contributed by atoms with Crippen molar-refractivity contribution in [1.82, 2.24) is 25.0 Å². The van der Waals surface area contributed by atoms with E-state index >= 15 is 0 Å². The fourth-order valence-electron chi connectivity index (χ4n) is 4.51. The molecule has 3 aromatic rings. The third-order valence-electron chi connectivity index (χ3n) is 6.62. The number of carbonyl (C=O) groups excluding carboxylic acids is 1. The van der Waals surface area contributed by atoms with Crippen LogP contribution in [0, 0.1) is 6.92 Å². The molecule has 34 heavy (non-hydrogen) atoms. The zero-order valence-corrected chi connectivity index (χ0v) is 20.7. The summed E-state index contributed by atoms with van der Waals surface area (Å²) in [5, 5.41) is 20.4. The molecule has 0 bridgehead atoms. The minimum absolute atomic E-state index is 0. The van der Waals surface area contributed by atoms with Gasteiger partial charge in [0.15, 0.2) is 11.5 Å². The summed E-state index contributed by atoms with van der Waals surface area (Å²) >= 11 is 0. The van der Waals surface area contributed by atoms with E-state index in [2.05, 4.69) is 36.7 Å². The molecular weight excluding hydrogens is 477 g/mol. The van der Waals surface area contributed by atoms with Crippen molar-refractivity contribution in [2.45, 2.75) is 70.0 Å². The molecule has 6 N–H and O–H groups in total. The molecule has 10 nitrogen and oxygen atoms in total. The number of aromatic nitrogens is 5. The van der Waals surface area contributed by atoms with Crippen molar-refractivity contribution in [1.29, 1.82) is 0 Å². The van der Waals surface area contributed by atoms with Crippen molar-refractivity contribution in [2.75, 3.05) is 10.6 Å². The summed E-state index contributed by atoms with van der Waals surface area (Å²) < 4.78 is 2.07. The fourth-order valence-corrected chi connectivity index (χ4v) is 4.51. The third-order valence-corrected chi connectivity index (χ3v) is 6.62. The molecule has 2 aromatic heterocycles. The second kappa shape index (κ2) is 10.7. The van der Waals surface area contributed by atoms with Crippen molar-refractivity contribution >= 4 is 59.1 Å². The molecule has 12 heteroatoms. The molecule has 2 heterocycles. The number of anilines is 3.